The lowest BCUT2D eigenvalue weighted by Gasteiger charge is -2.15. The molecule has 1 aliphatic rings. The summed E-state index contributed by atoms with van der Waals surface area (Å²) < 4.78 is 17.5. The number of halogens is 2. The first kappa shape index (κ1) is 17.2. The van der Waals surface area contributed by atoms with Crippen LogP contribution < -0.4 is 9.67 Å². The zero-order valence-corrected chi connectivity index (χ0v) is 14.8. The van der Waals surface area contributed by atoms with E-state index in [2.05, 4.69) is 4.99 Å². The molecular weight excluding hydrogens is 377 g/mol. The number of hydrogen-bond acceptors (Lipinski definition) is 5. The Bertz CT molecular complexity index is 919. The number of aliphatic carboxylic acids is 1. The molecule has 2 aromatic rings. The standard InChI is InChI=1S/C14H13ClFN3O3S2/c15-8-5-9(16)10(6-11(8)23-7-12(20)21)17-13-18-3-1-2-4-19(18)14(22)24-13/h5-6H,1-4,7H2,(H,20,21). The van der Waals surface area contributed by atoms with Gasteiger partial charge in [-0.3, -0.25) is 14.3 Å². The number of benzene rings is 1. The molecule has 0 radical (unpaired) electrons. The van der Waals surface area contributed by atoms with Crippen molar-refractivity contribution >= 4 is 46.4 Å². The molecule has 1 aromatic carbocycles. The minimum atomic E-state index is -0.992. The normalized spacial score (nSPS) is 14.7. The Balaban J connectivity index is 2.05. The average molecular weight is 390 g/mol. The molecule has 10 heteroatoms. The zero-order chi connectivity index (χ0) is 17.3. The summed E-state index contributed by atoms with van der Waals surface area (Å²) in [4.78, 5) is 27.7. The molecule has 0 fully saturated rings. The van der Waals surface area contributed by atoms with E-state index in [4.69, 9.17) is 16.7 Å². The lowest BCUT2D eigenvalue weighted by molar-refractivity contribution is -0.133. The second-order valence-corrected chi connectivity index (χ2v) is 7.48. The second-order valence-electron chi connectivity index (χ2n) is 5.13. The summed E-state index contributed by atoms with van der Waals surface area (Å²) in [6, 6.07) is 2.52. The lowest BCUT2D eigenvalue weighted by Crippen LogP contribution is -2.31. The summed E-state index contributed by atoms with van der Waals surface area (Å²) in [5.41, 5.74) is 0.0370. The molecule has 1 aliphatic heterocycles. The molecule has 24 heavy (non-hydrogen) atoms. The highest BCUT2D eigenvalue weighted by atomic mass is 35.5. The van der Waals surface area contributed by atoms with Gasteiger partial charge in [0.25, 0.3) is 0 Å². The van der Waals surface area contributed by atoms with Crippen LogP contribution in [0.5, 0.6) is 0 Å². The van der Waals surface area contributed by atoms with Crippen LogP contribution in [0.1, 0.15) is 12.8 Å². The third-order valence-electron chi connectivity index (χ3n) is 3.46. The highest BCUT2D eigenvalue weighted by Crippen LogP contribution is 2.33. The Labute approximate surface area is 149 Å². The number of fused-ring (bicyclic) bond motifs is 1. The van der Waals surface area contributed by atoms with Crippen molar-refractivity contribution in [2.75, 3.05) is 5.75 Å². The predicted octanol–water partition coefficient (Wildman–Crippen LogP) is 2.71. The fraction of sp³-hybridized carbons (Fsp3) is 0.357. The van der Waals surface area contributed by atoms with Crippen LogP contribution in [-0.4, -0.2) is 26.2 Å². The first-order chi connectivity index (χ1) is 11.5. The quantitative estimate of drug-likeness (QED) is 0.815. The van der Waals surface area contributed by atoms with Crippen LogP contribution in [-0.2, 0) is 17.9 Å². The van der Waals surface area contributed by atoms with E-state index in [1.54, 1.807) is 9.36 Å². The van der Waals surface area contributed by atoms with Gasteiger partial charge in [-0.1, -0.05) is 11.6 Å². The summed E-state index contributed by atoms with van der Waals surface area (Å²) in [5.74, 6) is -1.79. The van der Waals surface area contributed by atoms with Crippen LogP contribution in [0.2, 0.25) is 5.02 Å². The van der Waals surface area contributed by atoms with Gasteiger partial charge < -0.3 is 5.11 Å². The number of carboxylic acids is 1. The molecule has 0 unspecified atom stereocenters. The van der Waals surface area contributed by atoms with Crippen molar-refractivity contribution in [1.29, 1.82) is 0 Å². The summed E-state index contributed by atoms with van der Waals surface area (Å²) in [6.45, 7) is 1.29. The van der Waals surface area contributed by atoms with Gasteiger partial charge in [0.15, 0.2) is 0 Å². The smallest absolute Gasteiger partial charge is 0.325 e. The highest BCUT2D eigenvalue weighted by Gasteiger charge is 2.15. The Hall–Kier alpha value is -1.58. The molecule has 1 aromatic heterocycles. The van der Waals surface area contributed by atoms with E-state index in [9.17, 15) is 14.0 Å². The monoisotopic (exact) mass is 389 g/mol. The maximum absolute atomic E-state index is 14.2. The molecule has 128 valence electrons. The number of hydrogen-bond donors (Lipinski definition) is 1. The molecule has 6 nitrogen and oxygen atoms in total. The Morgan fingerprint density at radius 1 is 1.38 bits per heavy atom. The van der Waals surface area contributed by atoms with Crippen molar-refractivity contribution in [3.63, 3.8) is 0 Å². The van der Waals surface area contributed by atoms with E-state index in [-0.39, 0.29) is 21.3 Å². The maximum atomic E-state index is 14.2. The Morgan fingerprint density at radius 3 is 2.79 bits per heavy atom. The molecule has 3 rings (SSSR count). The number of carboxylic acid groups (broad SMARTS) is 1. The molecule has 0 saturated carbocycles. The van der Waals surface area contributed by atoms with Gasteiger partial charge >= 0.3 is 10.8 Å². The minimum absolute atomic E-state index is 0.0370. The molecule has 0 spiro atoms. The number of aromatic nitrogens is 2. The van der Waals surface area contributed by atoms with Gasteiger partial charge in [-0.25, -0.2) is 14.1 Å². The Kier molecular flexibility index (Phi) is 5.12. The number of thioether (sulfide) groups is 1. The Morgan fingerprint density at radius 2 is 2.08 bits per heavy atom. The largest absolute Gasteiger partial charge is 0.481 e. The van der Waals surface area contributed by atoms with Gasteiger partial charge in [-0.2, -0.15) is 0 Å². The number of nitrogens with zero attached hydrogens (tertiary/aromatic N) is 3. The van der Waals surface area contributed by atoms with E-state index >= 15 is 0 Å². The van der Waals surface area contributed by atoms with Gasteiger partial charge in [-0.05, 0) is 36.3 Å². The molecule has 0 bridgehead atoms. The number of carbonyl (C=O) groups is 1. The minimum Gasteiger partial charge on any atom is -0.481 e. The molecule has 2 heterocycles. The van der Waals surface area contributed by atoms with Crippen molar-refractivity contribution in [3.8, 4) is 0 Å². The van der Waals surface area contributed by atoms with Crippen LogP contribution in [0, 0.1) is 5.82 Å². The van der Waals surface area contributed by atoms with E-state index in [0.717, 1.165) is 42.0 Å². The third-order valence-corrected chi connectivity index (χ3v) is 5.79. The van der Waals surface area contributed by atoms with Gasteiger partial charge in [0.2, 0.25) is 4.80 Å². The van der Waals surface area contributed by atoms with Gasteiger partial charge in [0, 0.05) is 18.0 Å². The van der Waals surface area contributed by atoms with E-state index in [1.807, 2.05) is 0 Å². The molecule has 0 atom stereocenters. The SMILES string of the molecule is O=C(O)CSc1cc(N=c2sc(=O)n3n2CCCC3)c(F)cc1Cl. The van der Waals surface area contributed by atoms with Gasteiger partial charge in [0.1, 0.15) is 11.5 Å². The van der Waals surface area contributed by atoms with Gasteiger partial charge in [-0.15, -0.1) is 11.8 Å². The third kappa shape index (κ3) is 3.57. The summed E-state index contributed by atoms with van der Waals surface area (Å²) in [7, 11) is 0. The fourth-order valence-electron chi connectivity index (χ4n) is 2.37. The lowest BCUT2D eigenvalue weighted by atomic mass is 10.3. The first-order valence-corrected chi connectivity index (χ1v) is 9.33. The second kappa shape index (κ2) is 7.12. The molecule has 0 amide bonds. The molecular formula is C14H13ClFN3O3S2. The zero-order valence-electron chi connectivity index (χ0n) is 12.4. The van der Waals surface area contributed by atoms with Crippen LogP contribution in [0.15, 0.2) is 26.8 Å². The summed E-state index contributed by atoms with van der Waals surface area (Å²) >= 11 is 7.91. The molecule has 0 saturated heterocycles. The van der Waals surface area contributed by atoms with Gasteiger partial charge in [0.05, 0.1) is 10.8 Å². The van der Waals surface area contributed by atoms with Crippen LogP contribution in [0.25, 0.3) is 0 Å². The first-order valence-electron chi connectivity index (χ1n) is 7.15. The molecule has 1 N–H and O–H groups in total. The van der Waals surface area contributed by atoms with E-state index < -0.39 is 11.8 Å². The maximum Gasteiger partial charge on any atom is 0.325 e. The van der Waals surface area contributed by atoms with E-state index in [1.165, 1.54) is 6.07 Å². The van der Waals surface area contributed by atoms with Crippen molar-refractivity contribution < 1.29 is 14.3 Å². The van der Waals surface area contributed by atoms with Crippen molar-refractivity contribution in [3.05, 3.63) is 37.4 Å². The number of rotatable bonds is 4. The summed E-state index contributed by atoms with van der Waals surface area (Å²) in [5, 5.41) is 8.90. The van der Waals surface area contributed by atoms with Crippen LogP contribution >= 0.6 is 34.7 Å². The van der Waals surface area contributed by atoms with Crippen LogP contribution in [0.3, 0.4) is 0 Å². The average Bonchev–Trinajstić information content (AvgIpc) is 2.85. The highest BCUT2D eigenvalue weighted by molar-refractivity contribution is 8.00. The topological polar surface area (TPSA) is 76.6 Å². The van der Waals surface area contributed by atoms with E-state index in [0.29, 0.717) is 22.8 Å². The van der Waals surface area contributed by atoms with Crippen molar-refractivity contribution in [1.82, 2.24) is 9.36 Å². The van der Waals surface area contributed by atoms with Crippen molar-refractivity contribution in [2.24, 2.45) is 4.99 Å². The van der Waals surface area contributed by atoms with Crippen molar-refractivity contribution in [2.45, 2.75) is 30.8 Å². The summed E-state index contributed by atoms with van der Waals surface area (Å²) in [6.07, 6.45) is 1.87. The fourth-order valence-corrected chi connectivity index (χ4v) is 4.25. The van der Waals surface area contributed by atoms with Crippen LogP contribution in [0.4, 0.5) is 10.1 Å². The molecule has 0 aliphatic carbocycles. The predicted molar refractivity (Wildman–Crippen MR) is 90.8 cm³/mol.